The van der Waals surface area contributed by atoms with E-state index >= 15 is 0 Å². The molecule has 0 spiro atoms. The van der Waals surface area contributed by atoms with Gasteiger partial charge in [0.2, 0.25) is 11.8 Å². The Morgan fingerprint density at radius 2 is 1.76 bits per heavy atom. The minimum atomic E-state index is -1.22. The topological polar surface area (TPSA) is 78.1 Å². The lowest BCUT2D eigenvalue weighted by Crippen LogP contribution is -2.47. The number of rotatable bonds is 8. The van der Waals surface area contributed by atoms with Crippen molar-refractivity contribution in [3.8, 4) is 0 Å². The van der Waals surface area contributed by atoms with Gasteiger partial charge in [-0.05, 0) is 29.0 Å². The predicted molar refractivity (Wildman–Crippen MR) is 129 cm³/mol. The van der Waals surface area contributed by atoms with Crippen molar-refractivity contribution in [1.82, 2.24) is 20.2 Å². The lowest BCUT2D eigenvalue weighted by Gasteiger charge is -2.27. The fourth-order valence-corrected chi connectivity index (χ4v) is 4.43. The molecule has 1 aliphatic heterocycles. The Hall–Kier alpha value is -3.48. The summed E-state index contributed by atoms with van der Waals surface area (Å²) < 4.78 is 14.4. The van der Waals surface area contributed by atoms with Crippen LogP contribution in [0, 0.1) is 0 Å². The maximum absolute atomic E-state index is 14.4. The number of nitrogens with one attached hydrogen (secondary N) is 2. The first-order valence-corrected chi connectivity index (χ1v) is 11.8. The number of aromatic amines is 1. The van der Waals surface area contributed by atoms with Crippen LogP contribution in [0.15, 0.2) is 67.1 Å². The standard InChI is InChI=1S/C27H31FN4O2/c1-18(2)19-8-10-21(11-9-19)26(20-6-4-3-5-7-20)31-27(34)24-14-22(28)16-32(24)25(33)13-12-23-15-29-17-30-23/h3-11,15,17-18,22,24,26H,12-14,16H2,1-2H3,(H,29,30)(H,31,34). The summed E-state index contributed by atoms with van der Waals surface area (Å²) in [4.78, 5) is 34.6. The molecule has 7 heteroatoms. The van der Waals surface area contributed by atoms with Crippen LogP contribution in [0.3, 0.4) is 0 Å². The maximum Gasteiger partial charge on any atom is 0.243 e. The highest BCUT2D eigenvalue weighted by atomic mass is 19.1. The lowest BCUT2D eigenvalue weighted by molar-refractivity contribution is -0.138. The molecule has 2 amide bonds. The number of aromatic nitrogens is 2. The van der Waals surface area contributed by atoms with Gasteiger partial charge in [-0.2, -0.15) is 0 Å². The second kappa shape index (κ2) is 10.6. The zero-order valence-corrected chi connectivity index (χ0v) is 19.6. The van der Waals surface area contributed by atoms with Gasteiger partial charge in [0.15, 0.2) is 0 Å². The quantitative estimate of drug-likeness (QED) is 0.524. The highest BCUT2D eigenvalue weighted by molar-refractivity contribution is 5.89. The molecule has 0 bridgehead atoms. The molecule has 6 nitrogen and oxygen atoms in total. The van der Waals surface area contributed by atoms with Crippen molar-refractivity contribution in [3.05, 3.63) is 89.5 Å². The van der Waals surface area contributed by atoms with Gasteiger partial charge in [-0.1, -0.05) is 68.4 Å². The summed E-state index contributed by atoms with van der Waals surface area (Å²) in [7, 11) is 0. The number of hydrogen-bond donors (Lipinski definition) is 2. The number of carbonyl (C=O) groups excluding carboxylic acids is 2. The molecule has 0 aliphatic carbocycles. The SMILES string of the molecule is CC(C)c1ccc(C(NC(=O)C2CC(F)CN2C(=O)CCc2c[nH]cn2)c2ccccc2)cc1. The average Bonchev–Trinajstić information content (AvgIpc) is 3.51. The van der Waals surface area contributed by atoms with E-state index in [0.717, 1.165) is 16.8 Å². The molecule has 178 valence electrons. The van der Waals surface area contributed by atoms with E-state index < -0.39 is 18.3 Å². The monoisotopic (exact) mass is 462 g/mol. The van der Waals surface area contributed by atoms with Crippen LogP contribution >= 0.6 is 0 Å². The third kappa shape index (κ3) is 5.53. The Labute approximate surface area is 199 Å². The van der Waals surface area contributed by atoms with Gasteiger partial charge < -0.3 is 15.2 Å². The van der Waals surface area contributed by atoms with Crippen LogP contribution in [0.5, 0.6) is 0 Å². The normalized spacial score (nSPS) is 18.8. The van der Waals surface area contributed by atoms with Gasteiger partial charge in [0.05, 0.1) is 24.6 Å². The van der Waals surface area contributed by atoms with Gasteiger partial charge in [0.25, 0.3) is 0 Å². The van der Waals surface area contributed by atoms with Gasteiger partial charge in [-0.3, -0.25) is 9.59 Å². The summed E-state index contributed by atoms with van der Waals surface area (Å²) in [6.07, 6.45) is 2.70. The second-order valence-corrected chi connectivity index (χ2v) is 9.13. The number of halogens is 1. The smallest absolute Gasteiger partial charge is 0.243 e. The van der Waals surface area contributed by atoms with Crippen molar-refractivity contribution in [2.45, 2.75) is 57.3 Å². The minimum absolute atomic E-state index is 0.00771. The Bertz CT molecular complexity index is 1080. The van der Waals surface area contributed by atoms with Crippen molar-refractivity contribution in [3.63, 3.8) is 0 Å². The maximum atomic E-state index is 14.4. The molecule has 2 aromatic carbocycles. The minimum Gasteiger partial charge on any atom is -0.351 e. The van der Waals surface area contributed by atoms with Crippen LogP contribution in [0.4, 0.5) is 4.39 Å². The third-order valence-corrected chi connectivity index (χ3v) is 6.38. The fraction of sp³-hybridized carbons (Fsp3) is 0.370. The van der Waals surface area contributed by atoms with E-state index in [2.05, 4.69) is 41.3 Å². The summed E-state index contributed by atoms with van der Waals surface area (Å²) >= 11 is 0. The third-order valence-electron chi connectivity index (χ3n) is 6.38. The fourth-order valence-electron chi connectivity index (χ4n) is 4.43. The summed E-state index contributed by atoms with van der Waals surface area (Å²) in [5, 5.41) is 3.10. The summed E-state index contributed by atoms with van der Waals surface area (Å²) in [5.41, 5.74) is 3.85. The highest BCUT2D eigenvalue weighted by Crippen LogP contribution is 2.27. The lowest BCUT2D eigenvalue weighted by atomic mass is 9.95. The molecule has 34 heavy (non-hydrogen) atoms. The number of nitrogens with zero attached hydrogens (tertiary/aromatic N) is 2. The first-order valence-electron chi connectivity index (χ1n) is 11.8. The Morgan fingerprint density at radius 1 is 1.09 bits per heavy atom. The van der Waals surface area contributed by atoms with Crippen molar-refractivity contribution in [2.75, 3.05) is 6.54 Å². The Kier molecular flexibility index (Phi) is 7.40. The number of aryl methyl sites for hydroxylation is 1. The van der Waals surface area contributed by atoms with Gasteiger partial charge >= 0.3 is 0 Å². The van der Waals surface area contributed by atoms with Gasteiger partial charge in [0, 0.05) is 19.0 Å². The van der Waals surface area contributed by atoms with Crippen molar-refractivity contribution in [1.29, 1.82) is 0 Å². The van der Waals surface area contributed by atoms with Crippen molar-refractivity contribution >= 4 is 11.8 Å². The van der Waals surface area contributed by atoms with E-state index in [1.165, 1.54) is 10.5 Å². The van der Waals surface area contributed by atoms with Crippen molar-refractivity contribution in [2.24, 2.45) is 0 Å². The molecule has 4 rings (SSSR count). The molecule has 3 aromatic rings. The zero-order chi connectivity index (χ0) is 24.1. The van der Waals surface area contributed by atoms with E-state index in [4.69, 9.17) is 0 Å². The Balaban J connectivity index is 1.52. The number of carbonyl (C=O) groups is 2. The van der Waals surface area contributed by atoms with Crippen LogP contribution < -0.4 is 5.32 Å². The molecule has 1 aromatic heterocycles. The molecule has 1 saturated heterocycles. The summed E-state index contributed by atoms with van der Waals surface area (Å²) in [6, 6.07) is 16.7. The molecule has 2 heterocycles. The number of H-pyrrole nitrogens is 1. The molecular formula is C27H31FN4O2. The van der Waals surface area contributed by atoms with E-state index in [1.807, 2.05) is 42.5 Å². The number of amides is 2. The van der Waals surface area contributed by atoms with Crippen LogP contribution in [0.2, 0.25) is 0 Å². The molecule has 1 aliphatic rings. The molecule has 3 atom stereocenters. The largest absolute Gasteiger partial charge is 0.351 e. The molecular weight excluding hydrogens is 431 g/mol. The van der Waals surface area contributed by atoms with Crippen LogP contribution in [-0.2, 0) is 16.0 Å². The number of imidazole rings is 1. The molecule has 3 unspecified atom stereocenters. The summed E-state index contributed by atoms with van der Waals surface area (Å²) in [6.45, 7) is 4.21. The second-order valence-electron chi connectivity index (χ2n) is 9.13. The van der Waals surface area contributed by atoms with Crippen molar-refractivity contribution < 1.29 is 14.0 Å². The molecule has 0 saturated carbocycles. The van der Waals surface area contributed by atoms with Crippen LogP contribution in [-0.4, -0.2) is 45.4 Å². The van der Waals surface area contributed by atoms with E-state index in [1.54, 1.807) is 12.5 Å². The molecule has 0 radical (unpaired) electrons. The first-order chi connectivity index (χ1) is 16.4. The van der Waals surface area contributed by atoms with Gasteiger partial charge in [0.1, 0.15) is 12.2 Å². The Morgan fingerprint density at radius 3 is 2.41 bits per heavy atom. The zero-order valence-electron chi connectivity index (χ0n) is 19.6. The average molecular weight is 463 g/mol. The predicted octanol–water partition coefficient (Wildman–Crippen LogP) is 4.31. The molecule has 1 fully saturated rings. The number of hydrogen-bond acceptors (Lipinski definition) is 3. The van der Waals surface area contributed by atoms with E-state index in [9.17, 15) is 14.0 Å². The first kappa shape index (κ1) is 23.7. The van der Waals surface area contributed by atoms with Crippen LogP contribution in [0.1, 0.15) is 61.0 Å². The molecule has 2 N–H and O–H groups in total. The van der Waals surface area contributed by atoms with Gasteiger partial charge in [-0.15, -0.1) is 0 Å². The number of likely N-dealkylation sites (tertiary alicyclic amines) is 1. The summed E-state index contributed by atoms with van der Waals surface area (Å²) in [5.74, 6) is -0.171. The van der Waals surface area contributed by atoms with Crippen LogP contribution in [0.25, 0.3) is 0 Å². The van der Waals surface area contributed by atoms with E-state index in [0.29, 0.717) is 12.3 Å². The van der Waals surface area contributed by atoms with Gasteiger partial charge in [-0.25, -0.2) is 9.37 Å². The van der Waals surface area contributed by atoms with E-state index in [-0.39, 0.29) is 31.2 Å². The number of benzene rings is 2. The highest BCUT2D eigenvalue weighted by Gasteiger charge is 2.40. The number of alkyl halides is 1.